The lowest BCUT2D eigenvalue weighted by molar-refractivity contribution is 0.813. The molecule has 0 radical (unpaired) electrons. The number of aromatic nitrogens is 3. The first-order valence-electron chi connectivity index (χ1n) is 12.1. The highest BCUT2D eigenvalue weighted by molar-refractivity contribution is 9.10. The highest BCUT2D eigenvalue weighted by Crippen LogP contribution is 2.36. The maximum absolute atomic E-state index is 5.07. The number of pyridine rings is 1. The number of para-hydroxylation sites is 2. The molecule has 0 aliphatic carbocycles. The molecule has 37 heavy (non-hydrogen) atoms. The first kappa shape index (κ1) is 21.9. The van der Waals surface area contributed by atoms with Gasteiger partial charge in [-0.1, -0.05) is 58.4 Å². The zero-order chi connectivity index (χ0) is 24.8. The lowest BCUT2D eigenvalue weighted by Crippen LogP contribution is -2.36. The molecular weight excluding hydrogens is 524 g/mol. The summed E-state index contributed by atoms with van der Waals surface area (Å²) >= 11 is 3.76. The van der Waals surface area contributed by atoms with Crippen LogP contribution in [0.2, 0.25) is 0 Å². The number of dihydropyridines is 1. The fourth-order valence-electron chi connectivity index (χ4n) is 4.94. The number of amidine groups is 1. The summed E-state index contributed by atoms with van der Waals surface area (Å²) in [5.41, 5.74) is 6.65. The lowest BCUT2D eigenvalue weighted by atomic mass is 10.1. The van der Waals surface area contributed by atoms with Crippen molar-refractivity contribution in [2.45, 2.75) is 12.6 Å². The van der Waals surface area contributed by atoms with Crippen LogP contribution in [0.3, 0.4) is 0 Å². The minimum atomic E-state index is -0.160. The van der Waals surface area contributed by atoms with Crippen LogP contribution in [0.4, 0.5) is 5.69 Å². The number of imidazole rings is 1. The molecule has 3 aromatic carbocycles. The average Bonchev–Trinajstić information content (AvgIpc) is 3.53. The van der Waals surface area contributed by atoms with Crippen LogP contribution in [0.5, 0.6) is 0 Å². The van der Waals surface area contributed by atoms with Crippen molar-refractivity contribution in [1.82, 2.24) is 14.5 Å². The standard InChI is InChI=1S/C30H21BrN6/c31-22-18-20(27-34-25-13-7-15-32-29(25)36(27)23-9-3-1-4-10-23)17-21(19-22)28-35-26-14-8-16-33-30(26)37(28)24-11-5-2-6-12-24/h1-7,9-19,30H,8H2. The Morgan fingerprint density at radius 1 is 0.811 bits per heavy atom. The Balaban J connectivity index is 1.42. The van der Waals surface area contributed by atoms with Crippen LogP contribution in [-0.2, 0) is 0 Å². The second-order valence-electron chi connectivity index (χ2n) is 8.89. The maximum atomic E-state index is 5.07. The topological polar surface area (TPSA) is 58.7 Å². The summed E-state index contributed by atoms with van der Waals surface area (Å²) in [4.78, 5) is 21.7. The summed E-state index contributed by atoms with van der Waals surface area (Å²) in [7, 11) is 0. The van der Waals surface area contributed by atoms with Crippen molar-refractivity contribution in [3.8, 4) is 17.1 Å². The number of rotatable bonds is 4. The highest BCUT2D eigenvalue weighted by atomic mass is 79.9. The van der Waals surface area contributed by atoms with Gasteiger partial charge < -0.3 is 0 Å². The van der Waals surface area contributed by atoms with Crippen LogP contribution < -0.4 is 4.90 Å². The molecule has 2 aliphatic heterocycles. The van der Waals surface area contributed by atoms with Crippen LogP contribution in [0.15, 0.2) is 123 Å². The number of hydrogen-bond acceptors (Lipinski definition) is 5. The Kier molecular flexibility index (Phi) is 5.29. The number of fused-ring (bicyclic) bond motifs is 2. The van der Waals surface area contributed by atoms with E-state index >= 15 is 0 Å². The molecule has 178 valence electrons. The Hall–Kier alpha value is -4.36. The zero-order valence-corrected chi connectivity index (χ0v) is 21.3. The van der Waals surface area contributed by atoms with Crippen molar-refractivity contribution in [3.63, 3.8) is 0 Å². The fourth-order valence-corrected chi connectivity index (χ4v) is 5.43. The van der Waals surface area contributed by atoms with E-state index in [1.54, 1.807) is 6.20 Å². The second kappa shape index (κ2) is 8.94. The summed E-state index contributed by atoms with van der Waals surface area (Å²) in [5.74, 6) is 1.69. The largest absolute Gasteiger partial charge is 0.298 e. The van der Waals surface area contributed by atoms with Crippen molar-refractivity contribution in [1.29, 1.82) is 0 Å². The van der Waals surface area contributed by atoms with Gasteiger partial charge in [0, 0.05) is 45.8 Å². The molecule has 0 N–H and O–H groups in total. The quantitative estimate of drug-likeness (QED) is 0.250. The van der Waals surface area contributed by atoms with Crippen molar-refractivity contribution >= 4 is 44.8 Å². The normalized spacial score (nSPS) is 16.6. The van der Waals surface area contributed by atoms with Crippen molar-refractivity contribution in [2.75, 3.05) is 4.90 Å². The third-order valence-corrected chi connectivity index (χ3v) is 6.99. The Labute approximate surface area is 222 Å². The number of nitrogens with zero attached hydrogens (tertiary/aromatic N) is 6. The molecular formula is C30H21BrN6. The maximum Gasteiger partial charge on any atom is 0.168 e. The molecule has 0 fully saturated rings. The predicted molar refractivity (Wildman–Crippen MR) is 152 cm³/mol. The summed E-state index contributed by atoms with van der Waals surface area (Å²) in [6, 6.07) is 30.8. The Morgan fingerprint density at radius 3 is 2.38 bits per heavy atom. The third kappa shape index (κ3) is 3.79. The zero-order valence-electron chi connectivity index (χ0n) is 19.7. The smallest absolute Gasteiger partial charge is 0.168 e. The van der Waals surface area contributed by atoms with Crippen molar-refractivity contribution in [2.24, 2.45) is 9.98 Å². The van der Waals surface area contributed by atoms with Crippen LogP contribution >= 0.6 is 15.9 Å². The molecule has 0 bridgehead atoms. The van der Waals surface area contributed by atoms with E-state index < -0.39 is 0 Å². The molecule has 0 saturated heterocycles. The molecule has 0 amide bonds. The number of hydrogen-bond donors (Lipinski definition) is 0. The first-order chi connectivity index (χ1) is 18.3. The number of halogens is 1. The van der Waals surface area contributed by atoms with E-state index in [1.807, 2.05) is 54.7 Å². The van der Waals surface area contributed by atoms with Gasteiger partial charge in [-0.2, -0.15) is 0 Å². The minimum absolute atomic E-state index is 0.160. The van der Waals surface area contributed by atoms with E-state index in [9.17, 15) is 0 Å². The van der Waals surface area contributed by atoms with Gasteiger partial charge in [-0.05, 0) is 54.6 Å². The van der Waals surface area contributed by atoms with Gasteiger partial charge in [0.2, 0.25) is 0 Å². The molecule has 2 aliphatic rings. The third-order valence-electron chi connectivity index (χ3n) is 6.53. The summed E-state index contributed by atoms with van der Waals surface area (Å²) in [6.07, 6.45) is 6.56. The molecule has 6 nitrogen and oxygen atoms in total. The van der Waals surface area contributed by atoms with E-state index in [2.05, 4.69) is 78.9 Å². The summed E-state index contributed by atoms with van der Waals surface area (Å²) in [6.45, 7) is 0. The van der Waals surface area contributed by atoms with Gasteiger partial charge in [-0.25, -0.2) is 15.0 Å². The number of anilines is 1. The number of benzene rings is 3. The van der Waals surface area contributed by atoms with Crippen LogP contribution in [-0.4, -0.2) is 32.8 Å². The molecule has 7 rings (SSSR count). The molecule has 7 heteroatoms. The van der Waals surface area contributed by atoms with Gasteiger partial charge in [0.05, 0.1) is 5.70 Å². The molecule has 1 unspecified atom stereocenters. The molecule has 1 atom stereocenters. The average molecular weight is 545 g/mol. The van der Waals surface area contributed by atoms with Crippen LogP contribution in [0, 0.1) is 0 Å². The molecule has 0 spiro atoms. The van der Waals surface area contributed by atoms with Gasteiger partial charge in [0.1, 0.15) is 17.2 Å². The summed E-state index contributed by atoms with van der Waals surface area (Å²) in [5, 5.41) is 0. The van der Waals surface area contributed by atoms with Gasteiger partial charge in [0.25, 0.3) is 0 Å². The lowest BCUT2D eigenvalue weighted by Gasteiger charge is -2.27. The van der Waals surface area contributed by atoms with E-state index in [0.29, 0.717) is 0 Å². The molecule has 5 aromatic rings. The second-order valence-corrected chi connectivity index (χ2v) is 9.81. The van der Waals surface area contributed by atoms with Gasteiger partial charge in [-0.3, -0.25) is 14.5 Å². The van der Waals surface area contributed by atoms with Gasteiger partial charge in [0.15, 0.2) is 11.8 Å². The van der Waals surface area contributed by atoms with Crippen molar-refractivity contribution in [3.05, 3.63) is 119 Å². The minimum Gasteiger partial charge on any atom is -0.298 e. The van der Waals surface area contributed by atoms with Gasteiger partial charge >= 0.3 is 0 Å². The Bertz CT molecular complexity index is 1720. The molecule has 0 saturated carbocycles. The monoisotopic (exact) mass is 544 g/mol. The first-order valence-corrected chi connectivity index (χ1v) is 12.9. The van der Waals surface area contributed by atoms with Crippen LogP contribution in [0.1, 0.15) is 12.0 Å². The molecule has 4 heterocycles. The van der Waals surface area contributed by atoms with Crippen molar-refractivity contribution < 1.29 is 0 Å². The van der Waals surface area contributed by atoms with E-state index in [0.717, 1.165) is 61.9 Å². The number of allylic oxidation sites excluding steroid dienone is 1. The molecule has 2 aromatic heterocycles. The fraction of sp³-hybridized carbons (Fsp3) is 0.0667. The van der Waals surface area contributed by atoms with Crippen LogP contribution in [0.25, 0.3) is 28.2 Å². The summed E-state index contributed by atoms with van der Waals surface area (Å²) < 4.78 is 3.06. The highest BCUT2D eigenvalue weighted by Gasteiger charge is 2.34. The predicted octanol–water partition coefficient (Wildman–Crippen LogP) is 6.80. The van der Waals surface area contributed by atoms with E-state index in [4.69, 9.17) is 15.0 Å². The number of aliphatic imine (C=N–C) groups is 2. The van der Waals surface area contributed by atoms with E-state index in [-0.39, 0.29) is 6.17 Å². The van der Waals surface area contributed by atoms with Gasteiger partial charge in [-0.15, -0.1) is 0 Å². The SMILES string of the molecule is Brc1cc(C2=NC3=CCC=NC3N2c2ccccc2)cc(-c2nc3cccnc3n2-c2ccccc2)c1. The van der Waals surface area contributed by atoms with E-state index in [1.165, 1.54) is 0 Å². The Morgan fingerprint density at radius 2 is 1.57 bits per heavy atom.